The molecular weight excluding hydrogens is 280 g/mol. The maximum atomic E-state index is 6.14. The highest BCUT2D eigenvalue weighted by atomic mass is 35.5. The average Bonchev–Trinajstić information content (AvgIpc) is 2.87. The second-order valence-electron chi connectivity index (χ2n) is 4.01. The van der Waals surface area contributed by atoms with Crippen molar-refractivity contribution in [2.24, 2.45) is 0 Å². The summed E-state index contributed by atoms with van der Waals surface area (Å²) in [6.45, 7) is 5.44. The van der Waals surface area contributed by atoms with Crippen LogP contribution in [0.3, 0.4) is 0 Å². The van der Waals surface area contributed by atoms with Crippen LogP contribution >= 0.6 is 22.9 Å². The fourth-order valence-corrected chi connectivity index (χ4v) is 2.70. The normalized spacial score (nSPS) is 10.5. The van der Waals surface area contributed by atoms with Crippen LogP contribution in [-0.2, 0) is 13.0 Å². The lowest BCUT2D eigenvalue weighted by atomic mass is 10.3. The number of aryl methyl sites for hydroxylation is 1. The van der Waals surface area contributed by atoms with Crippen molar-refractivity contribution in [1.82, 2.24) is 4.98 Å². The Kier molecular flexibility index (Phi) is 5.05. The Bertz CT molecular complexity index is 542. The van der Waals surface area contributed by atoms with Gasteiger partial charge in [0.05, 0.1) is 23.2 Å². The molecule has 0 fully saturated rings. The smallest absolute Gasteiger partial charge is 0.138 e. The number of nitrogens with one attached hydrogen (secondary N) is 1. The second kappa shape index (κ2) is 6.78. The molecular formula is C14H17ClN2OS. The molecule has 102 valence electrons. The van der Waals surface area contributed by atoms with Crippen LogP contribution in [0.1, 0.15) is 23.7 Å². The Hall–Kier alpha value is -1.26. The first-order valence-corrected chi connectivity index (χ1v) is 7.52. The van der Waals surface area contributed by atoms with Crippen molar-refractivity contribution >= 4 is 28.6 Å². The van der Waals surface area contributed by atoms with Gasteiger partial charge in [0.2, 0.25) is 0 Å². The monoisotopic (exact) mass is 296 g/mol. The lowest BCUT2D eigenvalue weighted by Crippen LogP contribution is -1.98. The van der Waals surface area contributed by atoms with E-state index in [9.17, 15) is 0 Å². The quantitative estimate of drug-likeness (QED) is 0.859. The summed E-state index contributed by atoms with van der Waals surface area (Å²) in [5, 5.41) is 5.14. The van der Waals surface area contributed by atoms with Crippen molar-refractivity contribution in [1.29, 1.82) is 0 Å². The van der Waals surface area contributed by atoms with E-state index in [1.165, 1.54) is 9.88 Å². The van der Waals surface area contributed by atoms with Crippen molar-refractivity contribution in [2.75, 3.05) is 11.9 Å². The second-order valence-corrected chi connectivity index (χ2v) is 5.61. The zero-order valence-electron chi connectivity index (χ0n) is 11.1. The maximum absolute atomic E-state index is 6.14. The molecule has 2 aromatic rings. The lowest BCUT2D eigenvalue weighted by Gasteiger charge is -2.09. The Balaban J connectivity index is 1.97. The van der Waals surface area contributed by atoms with E-state index in [0.717, 1.165) is 24.4 Å². The molecule has 0 aliphatic heterocycles. The summed E-state index contributed by atoms with van der Waals surface area (Å²) in [6.07, 6.45) is 2.91. The van der Waals surface area contributed by atoms with Crippen molar-refractivity contribution in [2.45, 2.75) is 26.8 Å². The van der Waals surface area contributed by atoms with Crippen LogP contribution in [-0.4, -0.2) is 11.6 Å². The predicted molar refractivity (Wildman–Crippen MR) is 81.4 cm³/mol. The van der Waals surface area contributed by atoms with Gasteiger partial charge in [-0.25, -0.2) is 4.98 Å². The number of ether oxygens (including phenoxy) is 1. The highest BCUT2D eigenvalue weighted by molar-refractivity contribution is 7.11. The van der Waals surface area contributed by atoms with Crippen LogP contribution in [0.25, 0.3) is 0 Å². The number of hydrogen-bond acceptors (Lipinski definition) is 4. The summed E-state index contributed by atoms with van der Waals surface area (Å²) < 4.78 is 5.40. The zero-order chi connectivity index (χ0) is 13.7. The predicted octanol–water partition coefficient (Wildman–Crippen LogP) is 4.37. The van der Waals surface area contributed by atoms with Crippen LogP contribution in [0.2, 0.25) is 5.02 Å². The molecule has 2 rings (SSSR count). The third kappa shape index (κ3) is 3.85. The van der Waals surface area contributed by atoms with Gasteiger partial charge in [-0.2, -0.15) is 0 Å². The van der Waals surface area contributed by atoms with E-state index in [0.29, 0.717) is 11.6 Å². The number of nitrogens with zero attached hydrogens (tertiary/aromatic N) is 1. The van der Waals surface area contributed by atoms with Gasteiger partial charge in [-0.05, 0) is 31.5 Å². The Labute approximate surface area is 122 Å². The average molecular weight is 297 g/mol. The first-order chi connectivity index (χ1) is 9.22. The molecule has 19 heavy (non-hydrogen) atoms. The van der Waals surface area contributed by atoms with Gasteiger partial charge in [0.1, 0.15) is 5.75 Å². The van der Waals surface area contributed by atoms with Gasteiger partial charge < -0.3 is 10.1 Å². The summed E-state index contributed by atoms with van der Waals surface area (Å²) in [5.41, 5.74) is 0.986. The molecule has 0 aliphatic rings. The lowest BCUT2D eigenvalue weighted by molar-refractivity contribution is 0.340. The number of rotatable bonds is 6. The molecule has 3 nitrogen and oxygen atoms in total. The van der Waals surface area contributed by atoms with Crippen LogP contribution < -0.4 is 10.1 Å². The van der Waals surface area contributed by atoms with Gasteiger partial charge in [0.25, 0.3) is 0 Å². The van der Waals surface area contributed by atoms with Gasteiger partial charge in [-0.1, -0.05) is 18.5 Å². The standard InChI is InChI=1S/C14H17ClN2OS/c1-3-14-17-9-11(19-14)8-16-10-5-6-13(18-4-2)12(15)7-10/h5-7,9,16H,3-4,8H2,1-2H3. The Morgan fingerprint density at radius 3 is 2.84 bits per heavy atom. The Morgan fingerprint density at radius 2 is 2.21 bits per heavy atom. The van der Waals surface area contributed by atoms with E-state index in [-0.39, 0.29) is 0 Å². The molecule has 0 spiro atoms. The number of hydrogen-bond donors (Lipinski definition) is 1. The molecule has 5 heteroatoms. The first-order valence-electron chi connectivity index (χ1n) is 6.32. The Morgan fingerprint density at radius 1 is 1.37 bits per heavy atom. The van der Waals surface area contributed by atoms with E-state index >= 15 is 0 Å². The van der Waals surface area contributed by atoms with Crippen molar-refractivity contribution in [3.8, 4) is 5.75 Å². The number of halogens is 1. The molecule has 0 bridgehead atoms. The fourth-order valence-electron chi connectivity index (χ4n) is 1.67. The van der Waals surface area contributed by atoms with Crippen molar-refractivity contribution < 1.29 is 4.74 Å². The molecule has 1 aromatic heterocycles. The topological polar surface area (TPSA) is 34.1 Å². The van der Waals surface area contributed by atoms with Crippen LogP contribution in [0, 0.1) is 0 Å². The highest BCUT2D eigenvalue weighted by Crippen LogP contribution is 2.28. The maximum Gasteiger partial charge on any atom is 0.138 e. The van der Waals surface area contributed by atoms with Crippen LogP contribution in [0.15, 0.2) is 24.4 Å². The van der Waals surface area contributed by atoms with E-state index in [2.05, 4.69) is 17.2 Å². The van der Waals surface area contributed by atoms with E-state index in [1.807, 2.05) is 31.3 Å². The third-order valence-corrected chi connectivity index (χ3v) is 4.04. The highest BCUT2D eigenvalue weighted by Gasteiger charge is 2.04. The van der Waals surface area contributed by atoms with Crippen molar-refractivity contribution in [3.63, 3.8) is 0 Å². The first kappa shape index (κ1) is 14.2. The van der Waals surface area contributed by atoms with Crippen molar-refractivity contribution in [3.05, 3.63) is 39.3 Å². The van der Waals surface area contributed by atoms with Gasteiger partial charge >= 0.3 is 0 Å². The van der Waals surface area contributed by atoms with Gasteiger partial charge in [0.15, 0.2) is 0 Å². The largest absolute Gasteiger partial charge is 0.492 e. The van der Waals surface area contributed by atoms with Crippen LogP contribution in [0.5, 0.6) is 5.75 Å². The number of benzene rings is 1. The molecule has 0 radical (unpaired) electrons. The number of anilines is 1. The van der Waals surface area contributed by atoms with E-state index in [1.54, 1.807) is 11.3 Å². The number of thiazole rings is 1. The van der Waals surface area contributed by atoms with Gasteiger partial charge in [-0.15, -0.1) is 11.3 Å². The summed E-state index contributed by atoms with van der Waals surface area (Å²) in [6, 6.07) is 5.74. The molecule has 1 heterocycles. The zero-order valence-corrected chi connectivity index (χ0v) is 12.6. The summed E-state index contributed by atoms with van der Waals surface area (Å²) in [4.78, 5) is 5.56. The molecule has 0 amide bonds. The summed E-state index contributed by atoms with van der Waals surface area (Å²) >= 11 is 7.88. The molecule has 0 saturated heterocycles. The number of aromatic nitrogens is 1. The SMILES string of the molecule is CCOc1ccc(NCc2cnc(CC)s2)cc1Cl. The summed E-state index contributed by atoms with van der Waals surface area (Å²) in [5.74, 6) is 0.723. The summed E-state index contributed by atoms with van der Waals surface area (Å²) in [7, 11) is 0. The molecule has 0 atom stereocenters. The fraction of sp³-hybridized carbons (Fsp3) is 0.357. The van der Waals surface area contributed by atoms with Gasteiger partial charge in [0, 0.05) is 16.8 Å². The third-order valence-electron chi connectivity index (χ3n) is 2.60. The molecule has 1 aromatic carbocycles. The van der Waals surface area contributed by atoms with E-state index < -0.39 is 0 Å². The molecule has 0 unspecified atom stereocenters. The minimum absolute atomic E-state index is 0.618. The molecule has 1 N–H and O–H groups in total. The van der Waals surface area contributed by atoms with E-state index in [4.69, 9.17) is 16.3 Å². The minimum atomic E-state index is 0.618. The minimum Gasteiger partial charge on any atom is -0.492 e. The van der Waals surface area contributed by atoms with Gasteiger partial charge in [-0.3, -0.25) is 0 Å². The van der Waals surface area contributed by atoms with Crippen LogP contribution in [0.4, 0.5) is 5.69 Å². The molecule has 0 aliphatic carbocycles. The molecule has 0 saturated carbocycles.